The van der Waals surface area contributed by atoms with Gasteiger partial charge in [0.15, 0.2) is 0 Å². The van der Waals surface area contributed by atoms with Crippen molar-refractivity contribution in [2.24, 2.45) is 0 Å². The zero-order chi connectivity index (χ0) is 41.3. The highest BCUT2D eigenvalue weighted by atomic mass is 31.0. The van der Waals surface area contributed by atoms with Crippen molar-refractivity contribution in [1.29, 1.82) is 0 Å². The Labute approximate surface area is 336 Å². The molecule has 0 aromatic heterocycles. The third kappa shape index (κ3) is 11.8. The summed E-state index contributed by atoms with van der Waals surface area (Å²) in [4.78, 5) is 45.7. The van der Waals surface area contributed by atoms with Gasteiger partial charge >= 0.3 is 18.0 Å². The number of methoxy groups -OCH3 is 1. The van der Waals surface area contributed by atoms with Crippen LogP contribution < -0.4 is 15.9 Å². The number of carbonyl (C=O) groups excluding carboxylic acids is 3. The predicted molar refractivity (Wildman–Crippen MR) is 238 cm³/mol. The van der Waals surface area contributed by atoms with E-state index in [0.717, 1.165) is 54.7 Å². The lowest BCUT2D eigenvalue weighted by molar-refractivity contribution is -0.136. The molecule has 1 N–H and O–H groups in total. The van der Waals surface area contributed by atoms with Crippen molar-refractivity contribution >= 4 is 47.1 Å². The first-order chi connectivity index (χ1) is 26.4. The maximum Gasteiger partial charge on any atom is 0.338 e. The molecule has 2 aliphatic rings. The van der Waals surface area contributed by atoms with E-state index >= 15 is 0 Å². The number of ether oxygens (including phenoxy) is 1. The van der Waals surface area contributed by atoms with Crippen molar-refractivity contribution in [3.05, 3.63) is 118 Å². The summed E-state index contributed by atoms with van der Waals surface area (Å²) in [6.07, 6.45) is 5.39. The van der Waals surface area contributed by atoms with E-state index in [4.69, 9.17) is 4.74 Å². The van der Waals surface area contributed by atoms with Gasteiger partial charge in [0.1, 0.15) is 6.04 Å². The number of allylic oxidation sites excluding steroid dienone is 1. The van der Waals surface area contributed by atoms with Crippen LogP contribution in [-0.2, 0) is 14.9 Å². The molecule has 0 bridgehead atoms. The van der Waals surface area contributed by atoms with Crippen molar-refractivity contribution in [3.8, 4) is 0 Å². The number of benzene rings is 3. The van der Waals surface area contributed by atoms with Gasteiger partial charge in [0.2, 0.25) is 0 Å². The number of imide groups is 1. The highest BCUT2D eigenvalue weighted by molar-refractivity contribution is 7.27. The van der Waals surface area contributed by atoms with Crippen molar-refractivity contribution < 1.29 is 19.1 Å². The monoisotopic (exact) mass is 788 g/mol. The highest BCUT2D eigenvalue weighted by Crippen LogP contribution is 2.42. The Kier molecular flexibility index (Phi) is 20.0. The van der Waals surface area contributed by atoms with Crippen LogP contribution in [0.3, 0.4) is 0 Å². The molecule has 2 aliphatic heterocycles. The first-order valence-electron chi connectivity index (χ1n) is 19.7. The Morgan fingerprint density at radius 1 is 0.945 bits per heavy atom. The van der Waals surface area contributed by atoms with Crippen LogP contribution in [0.25, 0.3) is 0 Å². The molecular weight excluding hydrogens is 722 g/mol. The van der Waals surface area contributed by atoms with Gasteiger partial charge in [0.25, 0.3) is 0 Å². The van der Waals surface area contributed by atoms with E-state index in [1.807, 2.05) is 52.8 Å². The minimum absolute atomic E-state index is 0.0477. The van der Waals surface area contributed by atoms with E-state index in [1.54, 1.807) is 11.9 Å². The maximum absolute atomic E-state index is 14.0. The number of rotatable bonds is 9. The number of hydrogen-bond acceptors (Lipinski definition) is 5. The van der Waals surface area contributed by atoms with Crippen molar-refractivity contribution in [2.75, 3.05) is 40.3 Å². The van der Waals surface area contributed by atoms with E-state index in [-0.39, 0.29) is 16.7 Å². The van der Waals surface area contributed by atoms with Crippen LogP contribution in [0.4, 0.5) is 9.59 Å². The number of nitrogens with one attached hydrogen (secondary N) is 1. The second kappa shape index (κ2) is 23.3. The number of piperidine rings is 1. The lowest BCUT2D eigenvalue weighted by Gasteiger charge is -2.43. The van der Waals surface area contributed by atoms with E-state index in [2.05, 4.69) is 105 Å². The molecule has 0 spiro atoms. The molecule has 10 heteroatoms. The van der Waals surface area contributed by atoms with Crippen LogP contribution in [0.1, 0.15) is 101 Å². The molecule has 300 valence electrons. The number of aryl methyl sites for hydroxylation is 2. The molecule has 4 amide bonds. The summed E-state index contributed by atoms with van der Waals surface area (Å²) in [7, 11) is 8.42. The fourth-order valence-electron chi connectivity index (χ4n) is 6.86. The fourth-order valence-corrected chi connectivity index (χ4v) is 7.34. The van der Waals surface area contributed by atoms with E-state index in [1.165, 1.54) is 41.6 Å². The SMILES string of the molecule is C=CC1=C(C(=O)OC)C(c2ccc(C)c(P)c2)N(C(=O)N(C)CCCN2CCC(c3ccc(C)cc3)(c3ccc(P)cc3)CC2)C(=O)N1.CC.CC.CCC. The van der Waals surface area contributed by atoms with E-state index < -0.39 is 24.1 Å². The molecule has 5 rings (SSSR count). The smallest absolute Gasteiger partial charge is 0.338 e. The second-order valence-corrected chi connectivity index (χ2v) is 14.8. The molecule has 3 unspecified atom stereocenters. The number of esters is 1. The number of carbonyl (C=O) groups is 3. The Balaban J connectivity index is 0.00000140. The summed E-state index contributed by atoms with van der Waals surface area (Å²) in [5.41, 5.74) is 5.94. The molecule has 3 aromatic carbocycles. The molecule has 8 nitrogen and oxygen atoms in total. The lowest BCUT2D eigenvalue weighted by atomic mass is 9.68. The first kappa shape index (κ1) is 47.3. The molecule has 0 saturated carbocycles. The number of amides is 4. The molecule has 0 radical (unpaired) electrons. The average molecular weight is 789 g/mol. The number of urea groups is 2. The summed E-state index contributed by atoms with van der Waals surface area (Å²) in [5.74, 6) is -0.641. The molecule has 3 aromatic rings. The van der Waals surface area contributed by atoms with Crippen molar-refractivity contribution in [3.63, 3.8) is 0 Å². The molecule has 3 atom stereocenters. The number of likely N-dealkylation sites (tertiary alicyclic amines) is 1. The Bertz CT molecular complexity index is 1680. The standard InChI is InChI=1S/C38H46N4O4P2.C3H8.2C2H6/c1-6-31-33(35(43)46-5)34(27-11-10-26(3)32(48)24-27)42(36(44)39-31)37(45)40(4)20-7-21-41-22-18-38(19-23-41,28-12-8-25(2)9-13-28)29-14-16-30(47)17-15-29;1-3-2;2*1-2/h6,8-17,24,34H,1,7,18-23,47-48H2,2-5H3,(H,39,44);3H2,1-2H3;2*1-2H3. The van der Waals surface area contributed by atoms with Crippen LogP contribution in [0.5, 0.6) is 0 Å². The van der Waals surface area contributed by atoms with E-state index in [9.17, 15) is 14.4 Å². The summed E-state index contributed by atoms with van der Waals surface area (Å²) >= 11 is 0. The van der Waals surface area contributed by atoms with Gasteiger partial charge in [-0.25, -0.2) is 19.3 Å². The molecule has 1 saturated heterocycles. The van der Waals surface area contributed by atoms with Gasteiger partial charge in [0, 0.05) is 19.0 Å². The Morgan fingerprint density at radius 3 is 2.00 bits per heavy atom. The molecule has 55 heavy (non-hydrogen) atoms. The van der Waals surface area contributed by atoms with E-state index in [0.29, 0.717) is 12.1 Å². The minimum Gasteiger partial charge on any atom is -0.466 e. The van der Waals surface area contributed by atoms with Crippen LogP contribution in [0.2, 0.25) is 0 Å². The van der Waals surface area contributed by atoms with Crippen molar-refractivity contribution in [2.45, 2.75) is 92.5 Å². The Hall–Kier alpha value is -3.83. The maximum atomic E-state index is 14.0. The van der Waals surface area contributed by atoms with Gasteiger partial charge in [-0.05, 0) is 97.7 Å². The van der Waals surface area contributed by atoms with Crippen LogP contribution in [-0.4, -0.2) is 73.1 Å². The second-order valence-electron chi connectivity index (χ2n) is 13.5. The molecule has 2 heterocycles. The third-order valence-corrected chi connectivity index (χ3v) is 10.8. The van der Waals surface area contributed by atoms with Gasteiger partial charge in [-0.1, -0.05) is 121 Å². The molecule has 0 aliphatic carbocycles. The van der Waals surface area contributed by atoms with Gasteiger partial charge < -0.3 is 19.9 Å². The fraction of sp³-hybridized carbons (Fsp3) is 0.444. The van der Waals surface area contributed by atoms with Gasteiger partial charge in [0.05, 0.1) is 18.4 Å². The van der Waals surface area contributed by atoms with Gasteiger partial charge in [-0.3, -0.25) is 0 Å². The number of hydrogen-bond donors (Lipinski definition) is 1. The minimum atomic E-state index is -0.980. The summed E-state index contributed by atoms with van der Waals surface area (Å²) in [6.45, 7) is 23.3. The van der Waals surface area contributed by atoms with Crippen LogP contribution in [0, 0.1) is 13.8 Å². The lowest BCUT2D eigenvalue weighted by Crippen LogP contribution is -2.55. The highest BCUT2D eigenvalue weighted by Gasteiger charge is 2.43. The molecular formula is C45H66N4O4P2. The van der Waals surface area contributed by atoms with Crippen LogP contribution >= 0.6 is 18.5 Å². The Morgan fingerprint density at radius 2 is 1.49 bits per heavy atom. The quantitative estimate of drug-likeness (QED) is 0.173. The first-order valence-corrected chi connectivity index (χ1v) is 20.9. The summed E-state index contributed by atoms with van der Waals surface area (Å²) in [5, 5.41) is 4.75. The average Bonchev–Trinajstić information content (AvgIpc) is 3.20. The van der Waals surface area contributed by atoms with Gasteiger partial charge in [-0.2, -0.15) is 0 Å². The van der Waals surface area contributed by atoms with Gasteiger partial charge in [-0.15, -0.1) is 18.5 Å². The summed E-state index contributed by atoms with van der Waals surface area (Å²) in [6, 6.07) is 21.3. The van der Waals surface area contributed by atoms with Crippen molar-refractivity contribution in [1.82, 2.24) is 20.0 Å². The summed E-state index contributed by atoms with van der Waals surface area (Å²) < 4.78 is 5.11. The molecule has 1 fully saturated rings. The third-order valence-electron chi connectivity index (χ3n) is 9.79. The predicted octanol–water partition coefficient (Wildman–Crippen LogP) is 8.98. The normalized spacial score (nSPS) is 16.2. The largest absolute Gasteiger partial charge is 0.466 e. The van der Waals surface area contributed by atoms with Crippen LogP contribution in [0.15, 0.2) is 90.7 Å². The topological polar surface area (TPSA) is 82.2 Å². The number of nitrogens with zero attached hydrogens (tertiary/aromatic N) is 3. The zero-order valence-electron chi connectivity index (χ0n) is 35.0. The zero-order valence-corrected chi connectivity index (χ0v) is 37.3.